The Hall–Kier alpha value is -1.55. The predicted molar refractivity (Wildman–Crippen MR) is 65.9 cm³/mol. The molecule has 0 fully saturated rings. The molecule has 0 aliphatic rings. The van der Waals surface area contributed by atoms with Gasteiger partial charge < -0.3 is 15.2 Å². The van der Waals surface area contributed by atoms with E-state index in [0.29, 0.717) is 12.3 Å². The highest BCUT2D eigenvalue weighted by molar-refractivity contribution is 5.82. The van der Waals surface area contributed by atoms with Gasteiger partial charge in [0.1, 0.15) is 5.75 Å². The molecule has 0 saturated carbocycles. The van der Waals surface area contributed by atoms with Crippen LogP contribution in [0.3, 0.4) is 0 Å². The Bertz CT molecular complexity index is 413. The van der Waals surface area contributed by atoms with E-state index in [1.807, 2.05) is 32.0 Å². The van der Waals surface area contributed by atoms with E-state index in [1.165, 1.54) is 7.11 Å². The summed E-state index contributed by atoms with van der Waals surface area (Å²) in [5.74, 6) is 0.419. The molecule has 1 rings (SSSR count). The van der Waals surface area contributed by atoms with Crippen molar-refractivity contribution in [3.8, 4) is 5.75 Å². The van der Waals surface area contributed by atoms with Crippen molar-refractivity contribution in [3.05, 3.63) is 29.3 Å². The molecule has 4 nitrogen and oxygen atoms in total. The number of benzene rings is 1. The Morgan fingerprint density at radius 1 is 1.35 bits per heavy atom. The van der Waals surface area contributed by atoms with Crippen molar-refractivity contribution in [2.75, 3.05) is 14.2 Å². The molecule has 0 aromatic heterocycles. The zero-order valence-corrected chi connectivity index (χ0v) is 10.7. The second-order valence-electron chi connectivity index (χ2n) is 4.35. The Balaban J connectivity index is 3.19. The van der Waals surface area contributed by atoms with Crippen LogP contribution in [-0.2, 0) is 21.5 Å². The predicted octanol–water partition coefficient (Wildman–Crippen LogP) is 1.60. The van der Waals surface area contributed by atoms with Gasteiger partial charge in [-0.1, -0.05) is 12.1 Å². The van der Waals surface area contributed by atoms with E-state index >= 15 is 0 Å². The maximum atomic E-state index is 11.7. The number of hydrogen-bond donors (Lipinski definition) is 1. The van der Waals surface area contributed by atoms with Crippen molar-refractivity contribution in [3.63, 3.8) is 0 Å². The van der Waals surface area contributed by atoms with Crippen LogP contribution in [-0.4, -0.2) is 20.2 Å². The summed E-state index contributed by atoms with van der Waals surface area (Å²) in [6.45, 7) is 4.04. The van der Waals surface area contributed by atoms with Crippen LogP contribution in [0.25, 0.3) is 0 Å². The summed E-state index contributed by atoms with van der Waals surface area (Å²) in [5, 5.41) is 0. The Labute approximate surface area is 102 Å². The quantitative estimate of drug-likeness (QED) is 0.808. The molecule has 1 aromatic rings. The lowest BCUT2D eigenvalue weighted by atomic mass is 9.84. The van der Waals surface area contributed by atoms with Crippen LogP contribution in [0, 0.1) is 0 Å². The Kier molecular flexibility index (Phi) is 4.12. The van der Waals surface area contributed by atoms with E-state index in [1.54, 1.807) is 7.11 Å². The minimum Gasteiger partial charge on any atom is -0.496 e. The first-order chi connectivity index (χ1) is 7.97. The van der Waals surface area contributed by atoms with E-state index in [4.69, 9.17) is 15.2 Å². The number of rotatable bonds is 4. The number of carbonyl (C=O) groups is 1. The summed E-state index contributed by atoms with van der Waals surface area (Å²) in [4.78, 5) is 11.7. The van der Waals surface area contributed by atoms with E-state index in [2.05, 4.69) is 0 Å². The summed E-state index contributed by atoms with van der Waals surface area (Å²) in [7, 11) is 2.97. The van der Waals surface area contributed by atoms with Gasteiger partial charge >= 0.3 is 5.97 Å². The Morgan fingerprint density at radius 3 is 2.47 bits per heavy atom. The van der Waals surface area contributed by atoms with Crippen molar-refractivity contribution in [1.29, 1.82) is 0 Å². The second kappa shape index (κ2) is 5.19. The standard InChI is InChI=1S/C13H19NO3/c1-13(2,12(15)17-4)10-6-5-9(8-14)11(7-10)16-3/h5-7H,8,14H2,1-4H3. The van der Waals surface area contributed by atoms with Crippen LogP contribution in [0.1, 0.15) is 25.0 Å². The molecule has 0 heterocycles. The number of nitrogens with two attached hydrogens (primary N) is 1. The first-order valence-electron chi connectivity index (χ1n) is 5.43. The van der Waals surface area contributed by atoms with Gasteiger partial charge in [0.2, 0.25) is 0 Å². The SMILES string of the molecule is COC(=O)C(C)(C)c1ccc(CN)c(OC)c1. The molecule has 94 valence electrons. The summed E-state index contributed by atoms with van der Waals surface area (Å²) in [6, 6.07) is 5.58. The van der Waals surface area contributed by atoms with Crippen LogP contribution in [0.15, 0.2) is 18.2 Å². The first kappa shape index (κ1) is 13.5. The highest BCUT2D eigenvalue weighted by Crippen LogP contribution is 2.29. The fourth-order valence-corrected chi connectivity index (χ4v) is 1.67. The third-order valence-electron chi connectivity index (χ3n) is 2.92. The zero-order chi connectivity index (χ0) is 13.1. The number of hydrogen-bond acceptors (Lipinski definition) is 4. The third kappa shape index (κ3) is 2.58. The van der Waals surface area contributed by atoms with E-state index in [9.17, 15) is 4.79 Å². The number of carbonyl (C=O) groups excluding carboxylic acids is 1. The van der Waals surface area contributed by atoms with Crippen LogP contribution < -0.4 is 10.5 Å². The summed E-state index contributed by atoms with van der Waals surface area (Å²) < 4.78 is 10.0. The molecule has 0 atom stereocenters. The van der Waals surface area contributed by atoms with Crippen LogP contribution >= 0.6 is 0 Å². The fraction of sp³-hybridized carbons (Fsp3) is 0.462. The molecule has 17 heavy (non-hydrogen) atoms. The van der Waals surface area contributed by atoms with Gasteiger partial charge in [0.15, 0.2) is 0 Å². The van der Waals surface area contributed by atoms with Crippen molar-refractivity contribution in [2.45, 2.75) is 25.8 Å². The monoisotopic (exact) mass is 237 g/mol. The number of ether oxygens (including phenoxy) is 2. The Morgan fingerprint density at radius 2 is 2.00 bits per heavy atom. The molecule has 0 bridgehead atoms. The van der Waals surface area contributed by atoms with Crippen molar-refractivity contribution in [2.24, 2.45) is 5.73 Å². The highest BCUT2D eigenvalue weighted by Gasteiger charge is 2.31. The van der Waals surface area contributed by atoms with Gasteiger partial charge in [0, 0.05) is 12.1 Å². The molecule has 0 radical (unpaired) electrons. The molecule has 4 heteroatoms. The third-order valence-corrected chi connectivity index (χ3v) is 2.92. The van der Waals surface area contributed by atoms with E-state index < -0.39 is 5.41 Å². The second-order valence-corrected chi connectivity index (χ2v) is 4.35. The average molecular weight is 237 g/mol. The van der Waals surface area contributed by atoms with Gasteiger partial charge in [0.05, 0.1) is 19.6 Å². The fourth-order valence-electron chi connectivity index (χ4n) is 1.67. The number of methoxy groups -OCH3 is 2. The molecule has 1 aromatic carbocycles. The van der Waals surface area contributed by atoms with Gasteiger partial charge in [-0.15, -0.1) is 0 Å². The van der Waals surface area contributed by atoms with Gasteiger partial charge in [-0.3, -0.25) is 4.79 Å². The van der Waals surface area contributed by atoms with Gasteiger partial charge in [-0.2, -0.15) is 0 Å². The smallest absolute Gasteiger partial charge is 0.315 e. The lowest BCUT2D eigenvalue weighted by Gasteiger charge is -2.23. The van der Waals surface area contributed by atoms with Gasteiger partial charge in [-0.25, -0.2) is 0 Å². The first-order valence-corrected chi connectivity index (χ1v) is 5.43. The highest BCUT2D eigenvalue weighted by atomic mass is 16.5. The van der Waals surface area contributed by atoms with E-state index in [-0.39, 0.29) is 5.97 Å². The molecule has 0 aliphatic heterocycles. The minimum atomic E-state index is -0.699. The largest absolute Gasteiger partial charge is 0.496 e. The van der Waals surface area contributed by atoms with Crippen LogP contribution in [0.5, 0.6) is 5.75 Å². The van der Waals surface area contributed by atoms with Crippen molar-refractivity contribution < 1.29 is 14.3 Å². The van der Waals surface area contributed by atoms with Gasteiger partial charge in [-0.05, 0) is 25.5 Å². The normalized spacial score (nSPS) is 11.1. The summed E-state index contributed by atoms with van der Waals surface area (Å²) >= 11 is 0. The molecule has 0 unspecified atom stereocenters. The average Bonchev–Trinajstić information content (AvgIpc) is 2.36. The maximum Gasteiger partial charge on any atom is 0.315 e. The molecule has 2 N–H and O–H groups in total. The maximum absolute atomic E-state index is 11.7. The van der Waals surface area contributed by atoms with Crippen LogP contribution in [0.4, 0.5) is 0 Å². The molecule has 0 aliphatic carbocycles. The summed E-state index contributed by atoms with van der Waals surface area (Å²) in [6.07, 6.45) is 0. The van der Waals surface area contributed by atoms with Crippen molar-refractivity contribution >= 4 is 5.97 Å². The van der Waals surface area contributed by atoms with E-state index in [0.717, 1.165) is 11.1 Å². The molecule has 0 amide bonds. The lowest BCUT2D eigenvalue weighted by molar-refractivity contribution is -0.146. The van der Waals surface area contributed by atoms with Crippen LogP contribution in [0.2, 0.25) is 0 Å². The topological polar surface area (TPSA) is 61.5 Å². The lowest BCUT2D eigenvalue weighted by Crippen LogP contribution is -2.30. The molecule has 0 spiro atoms. The molecule has 0 saturated heterocycles. The van der Waals surface area contributed by atoms with Gasteiger partial charge in [0.25, 0.3) is 0 Å². The minimum absolute atomic E-state index is 0.278. The summed E-state index contributed by atoms with van der Waals surface area (Å²) in [5.41, 5.74) is 6.66. The molecular weight excluding hydrogens is 218 g/mol. The zero-order valence-electron chi connectivity index (χ0n) is 10.7. The molecular formula is C13H19NO3. The number of esters is 1. The van der Waals surface area contributed by atoms with Crippen molar-refractivity contribution in [1.82, 2.24) is 0 Å².